The van der Waals surface area contributed by atoms with Gasteiger partial charge in [0.1, 0.15) is 0 Å². The number of ether oxygens (including phenoxy) is 1. The largest absolute Gasteiger partial charge is 0.480 e. The van der Waals surface area contributed by atoms with Crippen LogP contribution in [-0.2, 0) is 7.05 Å². The summed E-state index contributed by atoms with van der Waals surface area (Å²) < 4.78 is 8.64. The van der Waals surface area contributed by atoms with Crippen molar-refractivity contribution in [1.82, 2.24) is 19.6 Å². The van der Waals surface area contributed by atoms with E-state index in [1.807, 2.05) is 26.2 Å². The molecular weight excluding hydrogens is 351 g/mol. The number of benzene rings is 1. The second-order valence-corrected chi connectivity index (χ2v) is 5.97. The molecule has 0 saturated heterocycles. The maximum absolute atomic E-state index is 11.4. The van der Waals surface area contributed by atoms with Crippen molar-refractivity contribution < 1.29 is 9.53 Å². The molecule has 2 heterocycles. The summed E-state index contributed by atoms with van der Waals surface area (Å²) in [4.78, 5) is 11.4. The van der Waals surface area contributed by atoms with Crippen LogP contribution in [0.4, 0.5) is 0 Å². The van der Waals surface area contributed by atoms with Gasteiger partial charge in [-0.05, 0) is 36.2 Å². The molecule has 0 atom stereocenters. The van der Waals surface area contributed by atoms with Gasteiger partial charge in [0.15, 0.2) is 5.82 Å². The van der Waals surface area contributed by atoms with E-state index in [0.29, 0.717) is 10.9 Å². The molecular formula is C16H14Cl2N4O2. The Kier molecular flexibility index (Phi) is 4.34. The molecule has 0 amide bonds. The monoisotopic (exact) mass is 364 g/mol. The zero-order valence-electron chi connectivity index (χ0n) is 13.2. The molecule has 0 aliphatic carbocycles. The average Bonchev–Trinajstić information content (AvgIpc) is 3.12. The Morgan fingerprint density at radius 1 is 1.29 bits per heavy atom. The van der Waals surface area contributed by atoms with Crippen molar-refractivity contribution in [1.29, 1.82) is 0 Å². The molecule has 0 saturated carbocycles. The first-order chi connectivity index (χ1) is 11.4. The molecule has 0 spiro atoms. The molecule has 0 fully saturated rings. The zero-order valence-corrected chi connectivity index (χ0v) is 14.8. The van der Waals surface area contributed by atoms with E-state index in [1.54, 1.807) is 34.8 Å². The van der Waals surface area contributed by atoms with Crippen LogP contribution in [0.25, 0.3) is 16.9 Å². The van der Waals surface area contributed by atoms with Crippen molar-refractivity contribution in [3.05, 3.63) is 46.7 Å². The number of hydrogen-bond donors (Lipinski definition) is 0. The molecule has 0 bridgehead atoms. The van der Waals surface area contributed by atoms with Crippen LogP contribution in [0.3, 0.4) is 0 Å². The summed E-state index contributed by atoms with van der Waals surface area (Å²) in [5, 5.41) is 8.39. The first-order valence-electron chi connectivity index (χ1n) is 7.04. The van der Waals surface area contributed by atoms with E-state index in [0.717, 1.165) is 22.5 Å². The number of carbonyl (C=O) groups excluding carboxylic acids is 1. The molecule has 0 N–H and O–H groups in total. The van der Waals surface area contributed by atoms with Crippen molar-refractivity contribution in [2.45, 2.75) is 6.92 Å². The van der Waals surface area contributed by atoms with E-state index < -0.39 is 5.24 Å². The number of rotatable bonds is 4. The lowest BCUT2D eigenvalue weighted by molar-refractivity contribution is 0.108. The molecule has 3 aromatic rings. The van der Waals surface area contributed by atoms with Gasteiger partial charge in [0.25, 0.3) is 5.24 Å². The van der Waals surface area contributed by atoms with E-state index in [1.165, 1.54) is 0 Å². The Bertz CT molecular complexity index is 930. The summed E-state index contributed by atoms with van der Waals surface area (Å²) in [5.41, 5.74) is 2.76. The third-order valence-corrected chi connectivity index (χ3v) is 4.24. The Hall–Kier alpha value is -2.31. The van der Waals surface area contributed by atoms with Crippen LogP contribution < -0.4 is 4.74 Å². The number of hydrogen-bond acceptors (Lipinski definition) is 4. The first kappa shape index (κ1) is 16.5. The predicted molar refractivity (Wildman–Crippen MR) is 92.2 cm³/mol. The smallest absolute Gasteiger partial charge is 0.253 e. The summed E-state index contributed by atoms with van der Waals surface area (Å²) >= 11 is 11.5. The van der Waals surface area contributed by atoms with Gasteiger partial charge in [-0.1, -0.05) is 17.7 Å². The van der Waals surface area contributed by atoms with E-state index in [9.17, 15) is 4.79 Å². The molecule has 0 aliphatic rings. The fraction of sp³-hybridized carbons (Fsp3) is 0.188. The topological polar surface area (TPSA) is 61.9 Å². The molecule has 0 unspecified atom stereocenters. The maximum Gasteiger partial charge on any atom is 0.253 e. The molecule has 24 heavy (non-hydrogen) atoms. The van der Waals surface area contributed by atoms with E-state index in [4.69, 9.17) is 27.9 Å². The summed E-state index contributed by atoms with van der Waals surface area (Å²) in [7, 11) is 3.39. The van der Waals surface area contributed by atoms with Crippen molar-refractivity contribution in [2.24, 2.45) is 7.05 Å². The lowest BCUT2D eigenvalue weighted by atomic mass is 10.1. The van der Waals surface area contributed by atoms with Crippen LogP contribution in [0.5, 0.6) is 5.88 Å². The van der Waals surface area contributed by atoms with Gasteiger partial charge < -0.3 is 4.74 Å². The minimum absolute atomic E-state index is 0.266. The van der Waals surface area contributed by atoms with Gasteiger partial charge >= 0.3 is 0 Å². The standard InChI is InChI=1S/C16H14Cl2N4O2/c1-9-15(24-3)20-21(2)16(9)22-8-11(7-19-22)10-4-5-13(17)12(6-10)14(18)23/h4-8H,1-3H3. The summed E-state index contributed by atoms with van der Waals surface area (Å²) in [6.07, 6.45) is 3.54. The number of aryl methyl sites for hydroxylation is 1. The predicted octanol–water partition coefficient (Wildman–Crippen LogP) is 3.62. The fourth-order valence-electron chi connectivity index (χ4n) is 2.55. The minimum atomic E-state index is -0.596. The molecule has 0 aliphatic heterocycles. The first-order valence-corrected chi connectivity index (χ1v) is 7.80. The number of methoxy groups -OCH3 is 1. The molecule has 8 heteroatoms. The van der Waals surface area contributed by atoms with Gasteiger partial charge in [-0.15, -0.1) is 5.10 Å². The van der Waals surface area contributed by atoms with Crippen LogP contribution in [0.2, 0.25) is 5.02 Å². The normalized spacial score (nSPS) is 10.9. The third-order valence-electron chi connectivity index (χ3n) is 3.71. The highest BCUT2D eigenvalue weighted by molar-refractivity contribution is 6.68. The van der Waals surface area contributed by atoms with Gasteiger partial charge in [-0.2, -0.15) is 5.10 Å². The molecule has 1 aromatic carbocycles. The highest BCUT2D eigenvalue weighted by Crippen LogP contribution is 2.28. The Balaban J connectivity index is 2.05. The highest BCUT2D eigenvalue weighted by Gasteiger charge is 2.16. The summed E-state index contributed by atoms with van der Waals surface area (Å²) in [6.45, 7) is 1.91. The highest BCUT2D eigenvalue weighted by atomic mass is 35.5. The maximum atomic E-state index is 11.4. The summed E-state index contributed by atoms with van der Waals surface area (Å²) in [6, 6.07) is 5.10. The number of halogens is 2. The Morgan fingerprint density at radius 2 is 2.04 bits per heavy atom. The van der Waals surface area contributed by atoms with Gasteiger partial charge in [-0.25, -0.2) is 9.36 Å². The summed E-state index contributed by atoms with van der Waals surface area (Å²) in [5.74, 6) is 1.34. The Morgan fingerprint density at radius 3 is 2.67 bits per heavy atom. The van der Waals surface area contributed by atoms with Crippen LogP contribution in [0.15, 0.2) is 30.6 Å². The molecule has 0 radical (unpaired) electrons. The number of carbonyl (C=O) groups is 1. The van der Waals surface area contributed by atoms with Gasteiger partial charge in [0, 0.05) is 18.8 Å². The Labute approximate surface area is 148 Å². The molecule has 2 aromatic heterocycles. The van der Waals surface area contributed by atoms with Gasteiger partial charge in [-0.3, -0.25) is 4.79 Å². The SMILES string of the molecule is COc1nn(C)c(-n2cc(-c3ccc(Cl)c(C(=O)Cl)c3)cn2)c1C. The van der Waals surface area contributed by atoms with Crippen molar-refractivity contribution in [3.63, 3.8) is 0 Å². The second-order valence-electron chi connectivity index (χ2n) is 5.22. The molecule has 124 valence electrons. The van der Waals surface area contributed by atoms with E-state index in [2.05, 4.69) is 10.2 Å². The van der Waals surface area contributed by atoms with Crippen LogP contribution in [0.1, 0.15) is 15.9 Å². The molecule has 6 nitrogen and oxygen atoms in total. The van der Waals surface area contributed by atoms with E-state index >= 15 is 0 Å². The lowest BCUT2D eigenvalue weighted by Crippen LogP contribution is -2.04. The van der Waals surface area contributed by atoms with Gasteiger partial charge in [0.2, 0.25) is 5.88 Å². The quantitative estimate of drug-likeness (QED) is 0.663. The average molecular weight is 365 g/mol. The van der Waals surface area contributed by atoms with Crippen molar-refractivity contribution in [3.8, 4) is 22.8 Å². The molecule has 3 rings (SSSR count). The number of aromatic nitrogens is 4. The van der Waals surface area contributed by atoms with Crippen molar-refractivity contribution in [2.75, 3.05) is 7.11 Å². The van der Waals surface area contributed by atoms with Crippen molar-refractivity contribution >= 4 is 28.4 Å². The fourth-order valence-corrected chi connectivity index (χ4v) is 2.96. The lowest BCUT2D eigenvalue weighted by Gasteiger charge is -2.04. The minimum Gasteiger partial charge on any atom is -0.480 e. The van der Waals surface area contributed by atoms with Crippen LogP contribution in [0, 0.1) is 6.92 Å². The van der Waals surface area contributed by atoms with Crippen LogP contribution >= 0.6 is 23.2 Å². The van der Waals surface area contributed by atoms with Crippen LogP contribution in [-0.4, -0.2) is 31.9 Å². The van der Waals surface area contributed by atoms with E-state index in [-0.39, 0.29) is 5.56 Å². The second kappa shape index (κ2) is 6.30. The zero-order chi connectivity index (χ0) is 17.4. The third kappa shape index (κ3) is 2.79. The number of nitrogens with zero attached hydrogens (tertiary/aromatic N) is 4. The van der Waals surface area contributed by atoms with Gasteiger partial charge in [0.05, 0.1) is 29.5 Å².